The topological polar surface area (TPSA) is 37.3 Å². The van der Waals surface area contributed by atoms with E-state index >= 15 is 4.39 Å². The van der Waals surface area contributed by atoms with Gasteiger partial charge in [0.1, 0.15) is 17.2 Å². The third-order valence-electron chi connectivity index (χ3n) is 7.28. The molecular weight excluding hydrogens is 487 g/mol. The van der Waals surface area contributed by atoms with Crippen LogP contribution in [0.2, 0.25) is 0 Å². The molecule has 7 heteroatoms. The molecular formula is C30H27F5O2. The van der Waals surface area contributed by atoms with Crippen molar-refractivity contribution >= 4 is 5.97 Å². The molecule has 1 saturated carbocycles. The molecule has 0 amide bonds. The Morgan fingerprint density at radius 3 is 2.00 bits per heavy atom. The molecule has 1 N–H and O–H groups in total. The SMILES string of the molecule is C=CCC1CCC(CCc2ccc(-c3cc(F)c(C(=O)O)c(F)c3-c3cc(F)c(F)c(F)c3)cc2)CC1. The summed E-state index contributed by atoms with van der Waals surface area (Å²) < 4.78 is 71.3. The Balaban J connectivity index is 1.63. The summed E-state index contributed by atoms with van der Waals surface area (Å²) in [5, 5.41) is 9.28. The van der Waals surface area contributed by atoms with Crippen molar-refractivity contribution in [3.8, 4) is 22.3 Å². The van der Waals surface area contributed by atoms with E-state index in [1.54, 1.807) is 12.1 Å². The van der Waals surface area contributed by atoms with Crippen LogP contribution in [0.15, 0.2) is 55.1 Å². The number of rotatable bonds is 8. The molecule has 0 saturated heterocycles. The first-order chi connectivity index (χ1) is 17.7. The Hall–Kier alpha value is -3.48. The van der Waals surface area contributed by atoms with Gasteiger partial charge in [-0.3, -0.25) is 0 Å². The van der Waals surface area contributed by atoms with Gasteiger partial charge in [0, 0.05) is 5.56 Å². The largest absolute Gasteiger partial charge is 0.477 e. The van der Waals surface area contributed by atoms with Crippen LogP contribution in [-0.4, -0.2) is 11.1 Å². The van der Waals surface area contributed by atoms with Gasteiger partial charge >= 0.3 is 5.97 Å². The summed E-state index contributed by atoms with van der Waals surface area (Å²) in [5.74, 6) is -8.23. The second kappa shape index (κ2) is 11.3. The monoisotopic (exact) mass is 514 g/mol. The van der Waals surface area contributed by atoms with Crippen LogP contribution in [0.4, 0.5) is 22.0 Å². The van der Waals surface area contributed by atoms with Gasteiger partial charge in [0.15, 0.2) is 17.5 Å². The molecule has 0 aromatic heterocycles. The molecule has 0 heterocycles. The first-order valence-electron chi connectivity index (χ1n) is 12.3. The maximum Gasteiger partial charge on any atom is 0.341 e. The van der Waals surface area contributed by atoms with Crippen molar-refractivity contribution in [2.24, 2.45) is 11.8 Å². The van der Waals surface area contributed by atoms with E-state index in [9.17, 15) is 27.5 Å². The van der Waals surface area contributed by atoms with E-state index in [4.69, 9.17) is 0 Å². The number of aryl methyl sites for hydroxylation is 1. The first kappa shape index (κ1) is 26.6. The fourth-order valence-electron chi connectivity index (χ4n) is 5.24. The van der Waals surface area contributed by atoms with E-state index in [2.05, 4.69) is 6.58 Å². The van der Waals surface area contributed by atoms with Crippen molar-refractivity contribution in [3.63, 3.8) is 0 Å². The van der Waals surface area contributed by atoms with Crippen molar-refractivity contribution in [3.05, 3.63) is 95.3 Å². The standard InChI is InChI=1S/C30H27F5O2/c1-2-3-17-4-6-18(7-5-17)8-9-19-10-12-20(13-11-19)22-16-23(31)27(30(36)37)29(35)26(22)21-14-24(32)28(34)25(33)15-21/h2,10-18H,1,3-9H2,(H,36,37). The fraction of sp³-hybridized carbons (Fsp3) is 0.300. The minimum Gasteiger partial charge on any atom is -0.477 e. The minimum absolute atomic E-state index is 0.0995. The molecule has 1 fully saturated rings. The summed E-state index contributed by atoms with van der Waals surface area (Å²) in [4.78, 5) is 11.5. The molecule has 0 aliphatic heterocycles. The van der Waals surface area contributed by atoms with Crippen molar-refractivity contribution in [1.82, 2.24) is 0 Å². The van der Waals surface area contributed by atoms with E-state index < -0.39 is 51.7 Å². The van der Waals surface area contributed by atoms with E-state index in [1.165, 1.54) is 25.7 Å². The van der Waals surface area contributed by atoms with Crippen molar-refractivity contribution in [2.45, 2.75) is 44.9 Å². The molecule has 0 spiro atoms. The van der Waals surface area contributed by atoms with Gasteiger partial charge < -0.3 is 5.11 Å². The van der Waals surface area contributed by atoms with E-state index in [1.807, 2.05) is 18.2 Å². The van der Waals surface area contributed by atoms with Crippen molar-refractivity contribution in [1.29, 1.82) is 0 Å². The molecule has 0 radical (unpaired) electrons. The summed E-state index contributed by atoms with van der Waals surface area (Å²) in [5.41, 5.74) is -0.979. The summed E-state index contributed by atoms with van der Waals surface area (Å²) in [6.07, 6.45) is 9.66. The summed E-state index contributed by atoms with van der Waals surface area (Å²) in [6, 6.07) is 8.82. The highest BCUT2D eigenvalue weighted by atomic mass is 19.2. The number of allylic oxidation sites excluding steroid dienone is 1. The van der Waals surface area contributed by atoms with Gasteiger partial charge in [0.25, 0.3) is 0 Å². The Bertz CT molecular complexity index is 1290. The maximum absolute atomic E-state index is 15.3. The Morgan fingerprint density at radius 2 is 1.43 bits per heavy atom. The number of benzene rings is 3. The number of carbonyl (C=O) groups is 1. The third-order valence-corrected chi connectivity index (χ3v) is 7.28. The van der Waals surface area contributed by atoms with E-state index in [-0.39, 0.29) is 5.56 Å². The number of hydrogen-bond acceptors (Lipinski definition) is 1. The zero-order valence-electron chi connectivity index (χ0n) is 20.2. The number of hydrogen-bond donors (Lipinski definition) is 1. The van der Waals surface area contributed by atoms with Crippen molar-refractivity contribution in [2.75, 3.05) is 0 Å². The van der Waals surface area contributed by atoms with E-state index in [0.29, 0.717) is 23.6 Å². The highest BCUT2D eigenvalue weighted by Crippen LogP contribution is 2.39. The van der Waals surface area contributed by atoms with Gasteiger partial charge in [-0.25, -0.2) is 26.7 Å². The molecule has 3 aromatic carbocycles. The van der Waals surface area contributed by atoms with Crippen LogP contribution in [0.1, 0.15) is 54.4 Å². The fourth-order valence-corrected chi connectivity index (χ4v) is 5.24. The predicted molar refractivity (Wildman–Crippen MR) is 133 cm³/mol. The molecule has 194 valence electrons. The second-order valence-electron chi connectivity index (χ2n) is 9.68. The molecule has 1 aliphatic rings. The quantitative estimate of drug-likeness (QED) is 0.185. The number of carboxylic acids is 1. The van der Waals surface area contributed by atoms with Gasteiger partial charge in [-0.1, -0.05) is 43.2 Å². The molecule has 2 nitrogen and oxygen atoms in total. The van der Waals surface area contributed by atoms with E-state index in [0.717, 1.165) is 36.8 Å². The van der Waals surface area contributed by atoms with Gasteiger partial charge in [-0.05, 0) is 84.4 Å². The van der Waals surface area contributed by atoms with Gasteiger partial charge in [0.2, 0.25) is 0 Å². The van der Waals surface area contributed by atoms with Crippen LogP contribution in [0.3, 0.4) is 0 Å². The first-order valence-corrected chi connectivity index (χ1v) is 12.3. The lowest BCUT2D eigenvalue weighted by molar-refractivity contribution is 0.0686. The molecule has 0 unspecified atom stereocenters. The summed E-state index contributed by atoms with van der Waals surface area (Å²) >= 11 is 0. The molecule has 0 atom stereocenters. The molecule has 0 bridgehead atoms. The molecule has 4 rings (SSSR count). The van der Waals surface area contributed by atoms with Crippen LogP contribution >= 0.6 is 0 Å². The number of carboxylic acid groups (broad SMARTS) is 1. The van der Waals surface area contributed by atoms with Crippen LogP contribution in [-0.2, 0) is 6.42 Å². The Morgan fingerprint density at radius 1 is 0.838 bits per heavy atom. The van der Waals surface area contributed by atoms with Crippen molar-refractivity contribution < 1.29 is 31.9 Å². The van der Waals surface area contributed by atoms with Crippen LogP contribution in [0, 0.1) is 40.9 Å². The second-order valence-corrected chi connectivity index (χ2v) is 9.68. The minimum atomic E-state index is -1.88. The predicted octanol–water partition coefficient (Wildman–Crippen LogP) is 8.73. The van der Waals surface area contributed by atoms with Crippen LogP contribution < -0.4 is 0 Å². The normalized spacial score (nSPS) is 17.5. The third kappa shape index (κ3) is 5.76. The average Bonchev–Trinajstić information content (AvgIpc) is 2.86. The highest BCUT2D eigenvalue weighted by Gasteiger charge is 2.26. The smallest absolute Gasteiger partial charge is 0.341 e. The lowest BCUT2D eigenvalue weighted by Crippen LogP contribution is -2.14. The molecule has 3 aromatic rings. The van der Waals surface area contributed by atoms with Gasteiger partial charge in [0.05, 0.1) is 0 Å². The van der Waals surface area contributed by atoms with Crippen LogP contribution in [0.25, 0.3) is 22.3 Å². The summed E-state index contributed by atoms with van der Waals surface area (Å²) in [6.45, 7) is 3.82. The zero-order chi connectivity index (χ0) is 26.7. The number of aromatic carboxylic acids is 1. The van der Waals surface area contributed by atoms with Crippen LogP contribution in [0.5, 0.6) is 0 Å². The molecule has 1 aliphatic carbocycles. The maximum atomic E-state index is 15.3. The zero-order valence-corrected chi connectivity index (χ0v) is 20.2. The Labute approximate surface area is 212 Å². The van der Waals surface area contributed by atoms with Gasteiger partial charge in [-0.15, -0.1) is 6.58 Å². The highest BCUT2D eigenvalue weighted by molar-refractivity contribution is 5.94. The molecule has 37 heavy (non-hydrogen) atoms. The average molecular weight is 515 g/mol. The Kier molecular flexibility index (Phi) is 8.10. The lowest BCUT2D eigenvalue weighted by Gasteiger charge is -2.27. The summed E-state index contributed by atoms with van der Waals surface area (Å²) in [7, 11) is 0. The number of halogens is 5. The lowest BCUT2D eigenvalue weighted by atomic mass is 9.78. The van der Waals surface area contributed by atoms with Gasteiger partial charge in [-0.2, -0.15) is 0 Å².